The van der Waals surface area contributed by atoms with Crippen LogP contribution >= 0.6 is 11.3 Å². The van der Waals surface area contributed by atoms with Crippen LogP contribution in [0.5, 0.6) is 0 Å². The van der Waals surface area contributed by atoms with Crippen LogP contribution in [0.4, 0.5) is 20.3 Å². The number of aryl methyl sites for hydroxylation is 3. The van der Waals surface area contributed by atoms with Gasteiger partial charge in [0, 0.05) is 60.8 Å². The van der Waals surface area contributed by atoms with Crippen LogP contribution in [-0.4, -0.2) is 52.4 Å². The predicted octanol–water partition coefficient (Wildman–Crippen LogP) is 5.51. The van der Waals surface area contributed by atoms with Crippen LogP contribution in [0.1, 0.15) is 64.8 Å². The summed E-state index contributed by atoms with van der Waals surface area (Å²) in [6.45, 7) is 7.05. The van der Waals surface area contributed by atoms with Crippen molar-refractivity contribution in [2.24, 2.45) is 0 Å². The highest BCUT2D eigenvalue weighted by Gasteiger charge is 2.33. The highest BCUT2D eigenvalue weighted by atomic mass is 32.1. The first-order valence-electron chi connectivity index (χ1n) is 13.0. The Morgan fingerprint density at radius 2 is 1.97 bits per heavy atom. The van der Waals surface area contributed by atoms with E-state index in [0.29, 0.717) is 38.4 Å². The fourth-order valence-corrected chi connectivity index (χ4v) is 6.97. The first kappa shape index (κ1) is 24.5. The molecule has 6 rings (SSSR count). The van der Waals surface area contributed by atoms with E-state index >= 15 is 0 Å². The quantitative estimate of drug-likeness (QED) is 0.410. The van der Waals surface area contributed by atoms with Crippen LogP contribution in [0.2, 0.25) is 0 Å². The second-order valence-electron chi connectivity index (χ2n) is 10.1. The van der Waals surface area contributed by atoms with Crippen molar-refractivity contribution >= 4 is 29.3 Å². The third-order valence-corrected chi connectivity index (χ3v) is 8.89. The van der Waals surface area contributed by atoms with Crippen LogP contribution in [0, 0.1) is 13.8 Å². The van der Waals surface area contributed by atoms with Crippen molar-refractivity contribution in [2.75, 3.05) is 31.2 Å². The molecule has 3 aromatic rings. The number of carbonyl (C=O) groups is 1. The second kappa shape index (κ2) is 9.79. The predicted molar refractivity (Wildman–Crippen MR) is 139 cm³/mol. The molecule has 0 radical (unpaired) electrons. The topological polar surface area (TPSA) is 63.5 Å². The highest BCUT2D eigenvalue weighted by Crippen LogP contribution is 2.45. The lowest BCUT2D eigenvalue weighted by Crippen LogP contribution is -2.32. The van der Waals surface area contributed by atoms with Gasteiger partial charge in [0.25, 0.3) is 6.43 Å². The molecule has 3 aliphatic rings. The van der Waals surface area contributed by atoms with Gasteiger partial charge in [-0.2, -0.15) is 5.10 Å². The largest absolute Gasteiger partial charge is 0.381 e. The molecule has 0 atom stereocenters. The summed E-state index contributed by atoms with van der Waals surface area (Å²) in [6, 6.07) is 3.87. The number of aromatic nitrogens is 3. The van der Waals surface area contributed by atoms with Crippen molar-refractivity contribution in [3.8, 4) is 10.4 Å². The van der Waals surface area contributed by atoms with Crippen molar-refractivity contribution in [2.45, 2.75) is 65.0 Å². The van der Waals surface area contributed by atoms with Crippen molar-refractivity contribution in [3.63, 3.8) is 0 Å². The lowest BCUT2D eigenvalue weighted by molar-refractivity contribution is -0.118. The van der Waals surface area contributed by atoms with Gasteiger partial charge in [0.15, 0.2) is 5.82 Å². The number of rotatable bonds is 5. The van der Waals surface area contributed by atoms with E-state index in [9.17, 15) is 13.6 Å². The van der Waals surface area contributed by atoms with Crippen molar-refractivity contribution in [1.29, 1.82) is 0 Å². The number of amides is 1. The van der Waals surface area contributed by atoms with Gasteiger partial charge < -0.3 is 14.5 Å². The summed E-state index contributed by atoms with van der Waals surface area (Å²) < 4.78 is 36.6. The molecular weight excluding hydrogens is 496 g/mol. The Kier molecular flexibility index (Phi) is 6.48. The smallest absolute Gasteiger partial charge is 0.264 e. The monoisotopic (exact) mass is 527 g/mol. The normalized spacial score (nSPS) is 18.3. The standard InChI is InChI=1S/C27H31F2N5O2S/c1-16-25(37-17(2)30-16)20-12-18-4-3-8-33(24(18)13-21(20)26(28)29)27-22-14-32(15-35)9-5-23(22)34(31-27)19-6-10-36-11-7-19/h12-13,15,19,26H,3-11,14H2,1-2H3. The van der Waals surface area contributed by atoms with Gasteiger partial charge in [-0.1, -0.05) is 0 Å². The maximum absolute atomic E-state index is 14.5. The fourth-order valence-electron chi connectivity index (χ4n) is 6.01. The van der Waals surface area contributed by atoms with E-state index in [-0.39, 0.29) is 11.6 Å². The Morgan fingerprint density at radius 3 is 2.68 bits per heavy atom. The molecule has 5 heterocycles. The van der Waals surface area contributed by atoms with E-state index in [1.54, 1.807) is 11.0 Å². The summed E-state index contributed by atoms with van der Waals surface area (Å²) in [5.41, 5.74) is 5.45. The zero-order valence-electron chi connectivity index (χ0n) is 21.2. The van der Waals surface area contributed by atoms with Crippen LogP contribution in [0.25, 0.3) is 10.4 Å². The van der Waals surface area contributed by atoms with E-state index in [4.69, 9.17) is 9.84 Å². The lowest BCUT2D eigenvalue weighted by atomic mass is 9.94. The van der Waals surface area contributed by atoms with Gasteiger partial charge in [-0.25, -0.2) is 13.8 Å². The summed E-state index contributed by atoms with van der Waals surface area (Å²) >= 11 is 1.46. The minimum atomic E-state index is -2.61. The molecule has 2 aromatic heterocycles. The first-order chi connectivity index (χ1) is 17.9. The SMILES string of the molecule is Cc1nc(C)c(-c2cc3c(cc2C(F)F)N(c2nn(C4CCOCC4)c4c2CN(C=O)CC4)CCC3)s1. The van der Waals surface area contributed by atoms with E-state index in [0.717, 1.165) is 82.4 Å². The molecule has 37 heavy (non-hydrogen) atoms. The molecule has 0 saturated carbocycles. The van der Waals surface area contributed by atoms with Gasteiger partial charge in [0.1, 0.15) is 0 Å². The van der Waals surface area contributed by atoms with Crippen LogP contribution in [-0.2, 0) is 28.9 Å². The molecule has 10 heteroatoms. The number of carbonyl (C=O) groups excluding carboxylic acids is 1. The maximum Gasteiger partial charge on any atom is 0.264 e. The molecule has 0 unspecified atom stereocenters. The Hall–Kier alpha value is -2.85. The zero-order chi connectivity index (χ0) is 25.7. The van der Waals surface area contributed by atoms with Gasteiger partial charge in [0.2, 0.25) is 6.41 Å². The number of thiazole rings is 1. The van der Waals surface area contributed by atoms with Crippen LogP contribution in [0.3, 0.4) is 0 Å². The second-order valence-corrected chi connectivity index (χ2v) is 11.3. The Labute approximate surface area is 219 Å². The number of benzene rings is 1. The van der Waals surface area contributed by atoms with Crippen molar-refractivity contribution in [3.05, 3.63) is 45.2 Å². The molecule has 0 spiro atoms. The average molecular weight is 528 g/mol. The van der Waals surface area contributed by atoms with Gasteiger partial charge >= 0.3 is 0 Å². The van der Waals surface area contributed by atoms with Crippen molar-refractivity contribution < 1.29 is 18.3 Å². The first-order valence-corrected chi connectivity index (χ1v) is 13.8. The molecule has 7 nitrogen and oxygen atoms in total. The molecule has 0 bridgehead atoms. The molecule has 1 aromatic carbocycles. The number of halogens is 2. The van der Waals surface area contributed by atoms with E-state index < -0.39 is 6.43 Å². The molecule has 1 fully saturated rings. The number of alkyl halides is 2. The Morgan fingerprint density at radius 1 is 1.16 bits per heavy atom. The Bertz CT molecular complexity index is 1330. The highest BCUT2D eigenvalue weighted by molar-refractivity contribution is 7.15. The molecule has 3 aliphatic heterocycles. The van der Waals surface area contributed by atoms with Crippen molar-refractivity contribution in [1.82, 2.24) is 19.7 Å². The third kappa shape index (κ3) is 4.33. The molecule has 0 aliphatic carbocycles. The van der Waals surface area contributed by atoms with Crippen LogP contribution in [0.15, 0.2) is 12.1 Å². The third-order valence-electron chi connectivity index (χ3n) is 7.79. The zero-order valence-corrected chi connectivity index (χ0v) is 22.0. The van der Waals surface area contributed by atoms with Gasteiger partial charge in [0.05, 0.1) is 28.2 Å². The minimum Gasteiger partial charge on any atom is -0.381 e. The Balaban J connectivity index is 1.48. The number of hydrogen-bond acceptors (Lipinski definition) is 6. The number of anilines is 2. The van der Waals surface area contributed by atoms with E-state index in [1.165, 1.54) is 11.3 Å². The van der Waals surface area contributed by atoms with Gasteiger partial charge in [-0.05, 0) is 57.2 Å². The lowest BCUT2D eigenvalue weighted by Gasteiger charge is -2.33. The number of nitrogens with zero attached hydrogens (tertiary/aromatic N) is 5. The summed E-state index contributed by atoms with van der Waals surface area (Å²) in [7, 11) is 0. The van der Waals surface area contributed by atoms with E-state index in [1.807, 2.05) is 19.9 Å². The molecule has 0 N–H and O–H groups in total. The summed E-state index contributed by atoms with van der Waals surface area (Å²) in [5.74, 6) is 0.798. The summed E-state index contributed by atoms with van der Waals surface area (Å²) in [4.78, 5) is 20.8. The number of fused-ring (bicyclic) bond motifs is 2. The van der Waals surface area contributed by atoms with Gasteiger partial charge in [-0.15, -0.1) is 11.3 Å². The molecule has 1 saturated heterocycles. The molecular formula is C27H31F2N5O2S. The van der Waals surface area contributed by atoms with E-state index in [2.05, 4.69) is 14.6 Å². The average Bonchev–Trinajstić information content (AvgIpc) is 3.46. The number of ether oxygens (including phenoxy) is 1. The molecule has 196 valence electrons. The van der Waals surface area contributed by atoms with Crippen LogP contribution < -0.4 is 4.90 Å². The molecule has 1 amide bonds. The minimum absolute atomic E-state index is 0.0321. The fraction of sp³-hybridized carbons (Fsp3) is 0.519. The summed E-state index contributed by atoms with van der Waals surface area (Å²) in [5, 5.41) is 6.00. The van der Waals surface area contributed by atoms with Gasteiger partial charge in [-0.3, -0.25) is 9.48 Å². The number of hydrogen-bond donors (Lipinski definition) is 0. The maximum atomic E-state index is 14.5. The summed E-state index contributed by atoms with van der Waals surface area (Å²) in [6.07, 6.45) is 2.54.